The number of hydrogen-bond acceptors (Lipinski definition) is 0. The van der Waals surface area contributed by atoms with Gasteiger partial charge in [0, 0.05) is 5.38 Å². The first-order valence-electron chi connectivity index (χ1n) is 4.75. The Bertz CT molecular complexity index is 125. The Morgan fingerprint density at radius 3 is 2.18 bits per heavy atom. The molecule has 0 bridgehead atoms. The van der Waals surface area contributed by atoms with Crippen LogP contribution in [0.2, 0.25) is 0 Å². The third-order valence-corrected chi connectivity index (χ3v) is 3.65. The van der Waals surface area contributed by atoms with Gasteiger partial charge in [0.25, 0.3) is 0 Å². The van der Waals surface area contributed by atoms with Crippen LogP contribution in [0.25, 0.3) is 0 Å². The standard InChI is InChI=1S/C10H19Cl/c1-4-8(2)7-10(5-6-10)9(3)11/h8-9H,4-7H2,1-3H3. The molecule has 1 aliphatic rings. The summed E-state index contributed by atoms with van der Waals surface area (Å²) in [4.78, 5) is 0. The quantitative estimate of drug-likeness (QED) is 0.569. The van der Waals surface area contributed by atoms with E-state index in [1.54, 1.807) is 0 Å². The maximum atomic E-state index is 6.13. The maximum absolute atomic E-state index is 6.13. The van der Waals surface area contributed by atoms with Gasteiger partial charge in [0.05, 0.1) is 0 Å². The second-order valence-corrected chi connectivity index (χ2v) is 4.85. The summed E-state index contributed by atoms with van der Waals surface area (Å²) in [5, 5.41) is 0.386. The van der Waals surface area contributed by atoms with Crippen molar-refractivity contribution >= 4 is 11.6 Å². The number of alkyl halides is 1. The van der Waals surface area contributed by atoms with Gasteiger partial charge in [-0.25, -0.2) is 0 Å². The molecule has 0 aliphatic heterocycles. The number of rotatable bonds is 4. The van der Waals surface area contributed by atoms with Gasteiger partial charge < -0.3 is 0 Å². The monoisotopic (exact) mass is 174 g/mol. The molecule has 66 valence electrons. The summed E-state index contributed by atoms with van der Waals surface area (Å²) in [6.45, 7) is 6.75. The van der Waals surface area contributed by atoms with E-state index >= 15 is 0 Å². The minimum absolute atomic E-state index is 0.386. The molecule has 1 heteroatoms. The summed E-state index contributed by atoms with van der Waals surface area (Å²) in [7, 11) is 0. The topological polar surface area (TPSA) is 0 Å². The highest BCUT2D eigenvalue weighted by Crippen LogP contribution is 2.55. The average Bonchev–Trinajstić information content (AvgIpc) is 2.69. The van der Waals surface area contributed by atoms with E-state index in [1.807, 2.05) is 0 Å². The fourth-order valence-electron chi connectivity index (χ4n) is 1.76. The van der Waals surface area contributed by atoms with Crippen LogP contribution < -0.4 is 0 Å². The Balaban J connectivity index is 2.35. The molecular weight excluding hydrogens is 156 g/mol. The molecule has 0 N–H and O–H groups in total. The van der Waals surface area contributed by atoms with Gasteiger partial charge in [0.1, 0.15) is 0 Å². The molecule has 0 spiro atoms. The molecular formula is C10H19Cl. The van der Waals surface area contributed by atoms with Gasteiger partial charge in [0.2, 0.25) is 0 Å². The van der Waals surface area contributed by atoms with E-state index in [4.69, 9.17) is 11.6 Å². The Labute approximate surface area is 75.3 Å². The first kappa shape index (κ1) is 9.38. The molecule has 0 aromatic rings. The molecule has 0 heterocycles. The third-order valence-electron chi connectivity index (χ3n) is 3.19. The molecule has 0 aromatic carbocycles. The zero-order valence-electron chi connectivity index (χ0n) is 7.86. The fraction of sp³-hybridized carbons (Fsp3) is 1.00. The van der Waals surface area contributed by atoms with Gasteiger partial charge in [0.15, 0.2) is 0 Å². The van der Waals surface area contributed by atoms with Crippen molar-refractivity contribution in [2.75, 3.05) is 0 Å². The van der Waals surface area contributed by atoms with Crippen LogP contribution in [0.4, 0.5) is 0 Å². The minimum atomic E-state index is 0.386. The summed E-state index contributed by atoms with van der Waals surface area (Å²) in [5.74, 6) is 0.860. The first-order valence-corrected chi connectivity index (χ1v) is 5.18. The van der Waals surface area contributed by atoms with Gasteiger partial charge >= 0.3 is 0 Å². The SMILES string of the molecule is CCC(C)CC1(C(C)Cl)CC1. The Kier molecular flexibility index (Phi) is 2.85. The van der Waals surface area contributed by atoms with Crippen molar-refractivity contribution in [2.24, 2.45) is 11.3 Å². The predicted octanol–water partition coefficient (Wildman–Crippen LogP) is 3.83. The lowest BCUT2D eigenvalue weighted by atomic mass is 9.89. The van der Waals surface area contributed by atoms with Gasteiger partial charge in [-0.05, 0) is 37.5 Å². The maximum Gasteiger partial charge on any atom is 0.0364 e. The Hall–Kier alpha value is 0.290. The lowest BCUT2D eigenvalue weighted by molar-refractivity contribution is 0.358. The summed E-state index contributed by atoms with van der Waals surface area (Å²) in [5.41, 5.74) is 0.539. The lowest BCUT2D eigenvalue weighted by Crippen LogP contribution is -2.15. The molecule has 2 unspecified atom stereocenters. The van der Waals surface area contributed by atoms with Crippen molar-refractivity contribution in [1.29, 1.82) is 0 Å². The molecule has 0 radical (unpaired) electrons. The molecule has 2 atom stereocenters. The van der Waals surface area contributed by atoms with Crippen molar-refractivity contribution in [3.63, 3.8) is 0 Å². The number of halogens is 1. The second-order valence-electron chi connectivity index (χ2n) is 4.20. The summed E-state index contributed by atoms with van der Waals surface area (Å²) < 4.78 is 0. The highest BCUT2D eigenvalue weighted by Gasteiger charge is 2.46. The van der Waals surface area contributed by atoms with Crippen LogP contribution in [0, 0.1) is 11.3 Å². The molecule has 1 saturated carbocycles. The minimum Gasteiger partial charge on any atom is -0.123 e. The largest absolute Gasteiger partial charge is 0.123 e. The molecule has 11 heavy (non-hydrogen) atoms. The highest BCUT2D eigenvalue weighted by molar-refractivity contribution is 6.21. The summed E-state index contributed by atoms with van der Waals surface area (Å²) >= 11 is 6.13. The van der Waals surface area contributed by atoms with Crippen molar-refractivity contribution in [3.8, 4) is 0 Å². The van der Waals surface area contributed by atoms with Crippen LogP contribution in [-0.2, 0) is 0 Å². The van der Waals surface area contributed by atoms with Crippen LogP contribution in [0.5, 0.6) is 0 Å². The highest BCUT2D eigenvalue weighted by atomic mass is 35.5. The van der Waals surface area contributed by atoms with E-state index < -0.39 is 0 Å². The van der Waals surface area contributed by atoms with Crippen molar-refractivity contribution in [2.45, 2.75) is 51.8 Å². The van der Waals surface area contributed by atoms with Gasteiger partial charge in [-0.15, -0.1) is 11.6 Å². The smallest absolute Gasteiger partial charge is 0.0364 e. The third kappa shape index (κ3) is 2.11. The zero-order chi connectivity index (χ0) is 8.48. The normalized spacial score (nSPS) is 26.2. The van der Waals surface area contributed by atoms with Crippen molar-refractivity contribution in [3.05, 3.63) is 0 Å². The predicted molar refractivity (Wildman–Crippen MR) is 51.1 cm³/mol. The fourth-order valence-corrected chi connectivity index (χ4v) is 2.07. The lowest BCUT2D eigenvalue weighted by Gasteiger charge is -2.21. The van der Waals surface area contributed by atoms with E-state index in [0.717, 1.165) is 5.92 Å². The zero-order valence-corrected chi connectivity index (χ0v) is 8.62. The van der Waals surface area contributed by atoms with Gasteiger partial charge in [-0.3, -0.25) is 0 Å². The first-order chi connectivity index (χ1) is 5.10. The van der Waals surface area contributed by atoms with E-state index in [-0.39, 0.29) is 0 Å². The second kappa shape index (κ2) is 3.35. The van der Waals surface area contributed by atoms with Crippen molar-refractivity contribution < 1.29 is 0 Å². The molecule has 1 rings (SSSR count). The Morgan fingerprint density at radius 1 is 1.36 bits per heavy atom. The molecule has 1 aliphatic carbocycles. The van der Waals surface area contributed by atoms with Gasteiger partial charge in [-0.2, -0.15) is 0 Å². The average molecular weight is 175 g/mol. The number of hydrogen-bond donors (Lipinski definition) is 0. The summed E-state index contributed by atoms with van der Waals surface area (Å²) in [6.07, 6.45) is 5.36. The molecule has 0 amide bonds. The summed E-state index contributed by atoms with van der Waals surface area (Å²) in [6, 6.07) is 0. The van der Waals surface area contributed by atoms with E-state index in [9.17, 15) is 0 Å². The van der Waals surface area contributed by atoms with Crippen LogP contribution in [0.3, 0.4) is 0 Å². The van der Waals surface area contributed by atoms with Gasteiger partial charge in [-0.1, -0.05) is 20.3 Å². The van der Waals surface area contributed by atoms with Crippen LogP contribution in [-0.4, -0.2) is 5.38 Å². The van der Waals surface area contributed by atoms with E-state index in [1.165, 1.54) is 25.7 Å². The van der Waals surface area contributed by atoms with E-state index in [2.05, 4.69) is 20.8 Å². The van der Waals surface area contributed by atoms with Crippen LogP contribution in [0.1, 0.15) is 46.5 Å². The Morgan fingerprint density at radius 2 is 1.91 bits per heavy atom. The van der Waals surface area contributed by atoms with E-state index in [0.29, 0.717) is 10.8 Å². The van der Waals surface area contributed by atoms with Crippen LogP contribution >= 0.6 is 11.6 Å². The van der Waals surface area contributed by atoms with Crippen molar-refractivity contribution in [1.82, 2.24) is 0 Å². The molecule has 0 nitrogen and oxygen atoms in total. The van der Waals surface area contributed by atoms with Crippen LogP contribution in [0.15, 0.2) is 0 Å². The molecule has 1 fully saturated rings. The molecule has 0 aromatic heterocycles. The molecule has 0 saturated heterocycles.